The minimum Gasteiger partial charge on any atom is -0.450 e. The first-order valence-electron chi connectivity index (χ1n) is 5.84. The lowest BCUT2D eigenvalue weighted by Crippen LogP contribution is -2.02. The molecule has 0 aliphatic heterocycles. The fourth-order valence-electron chi connectivity index (χ4n) is 1.99. The Bertz CT molecular complexity index is 809. The smallest absolute Gasteiger partial charge is 0.230 e. The van der Waals surface area contributed by atoms with E-state index in [1.807, 2.05) is 0 Å². The first kappa shape index (κ1) is 13.2. The zero-order valence-corrected chi connectivity index (χ0v) is 12.5. The minimum atomic E-state index is -0.248. The molecule has 100 valence electrons. The van der Waals surface area contributed by atoms with Gasteiger partial charge in [0.2, 0.25) is 5.78 Å². The van der Waals surface area contributed by atoms with Gasteiger partial charge in [-0.15, -0.1) is 0 Å². The number of anilines is 1. The number of benzene rings is 2. The van der Waals surface area contributed by atoms with E-state index in [1.165, 1.54) is 0 Å². The molecule has 0 saturated carbocycles. The van der Waals surface area contributed by atoms with E-state index in [1.54, 1.807) is 42.5 Å². The van der Waals surface area contributed by atoms with Crippen LogP contribution in [0.2, 0.25) is 5.02 Å². The summed E-state index contributed by atoms with van der Waals surface area (Å²) >= 11 is 9.25. The second kappa shape index (κ2) is 4.96. The molecule has 0 aliphatic carbocycles. The number of carbonyl (C=O) groups excluding carboxylic acids is 1. The number of nitrogens with two attached hydrogens (primary N) is 1. The normalized spacial score (nSPS) is 10.9. The molecule has 0 radical (unpaired) electrons. The van der Waals surface area contributed by atoms with Gasteiger partial charge in [0.05, 0.1) is 5.69 Å². The molecule has 0 saturated heterocycles. The van der Waals surface area contributed by atoms with Crippen molar-refractivity contribution >= 4 is 50.0 Å². The van der Waals surface area contributed by atoms with Crippen molar-refractivity contribution in [3.8, 4) is 0 Å². The molecule has 0 unspecified atom stereocenters. The molecule has 0 atom stereocenters. The molecule has 20 heavy (non-hydrogen) atoms. The third kappa shape index (κ3) is 2.21. The summed E-state index contributed by atoms with van der Waals surface area (Å²) in [4.78, 5) is 12.4. The molecule has 3 rings (SSSR count). The molecule has 3 nitrogen and oxygen atoms in total. The average molecular weight is 351 g/mol. The van der Waals surface area contributed by atoms with Crippen LogP contribution in [0.1, 0.15) is 16.1 Å². The van der Waals surface area contributed by atoms with Crippen molar-refractivity contribution in [2.45, 2.75) is 0 Å². The topological polar surface area (TPSA) is 56.2 Å². The first-order chi connectivity index (χ1) is 9.56. The quantitative estimate of drug-likeness (QED) is 0.684. The molecule has 2 N–H and O–H groups in total. The van der Waals surface area contributed by atoms with Crippen molar-refractivity contribution in [3.05, 3.63) is 63.3 Å². The highest BCUT2D eigenvalue weighted by atomic mass is 79.9. The van der Waals surface area contributed by atoms with Crippen molar-refractivity contribution in [1.29, 1.82) is 0 Å². The molecule has 0 bridgehead atoms. The maximum Gasteiger partial charge on any atom is 0.230 e. The summed E-state index contributed by atoms with van der Waals surface area (Å²) in [5.41, 5.74) is 7.38. The Morgan fingerprint density at radius 2 is 1.85 bits per heavy atom. The number of hydrogen-bond donors (Lipinski definition) is 1. The average Bonchev–Trinajstić information content (AvgIpc) is 2.76. The molecule has 2 aromatic carbocycles. The molecular weight excluding hydrogens is 342 g/mol. The SMILES string of the molecule is Nc1c(C(=O)c2ccc(Br)cc2)oc2ccc(Cl)cc12. The van der Waals surface area contributed by atoms with Crippen LogP contribution in [0.3, 0.4) is 0 Å². The maximum atomic E-state index is 12.4. The molecule has 1 heterocycles. The van der Waals surface area contributed by atoms with E-state index < -0.39 is 0 Å². The van der Waals surface area contributed by atoms with Crippen LogP contribution in [-0.4, -0.2) is 5.78 Å². The number of furan rings is 1. The predicted octanol–water partition coefficient (Wildman–Crippen LogP) is 4.66. The van der Waals surface area contributed by atoms with Gasteiger partial charge in [0.15, 0.2) is 5.76 Å². The van der Waals surface area contributed by atoms with Crippen molar-refractivity contribution in [2.24, 2.45) is 0 Å². The second-order valence-electron chi connectivity index (χ2n) is 4.32. The van der Waals surface area contributed by atoms with E-state index >= 15 is 0 Å². The Labute approximate surface area is 128 Å². The van der Waals surface area contributed by atoms with Crippen LogP contribution in [0.4, 0.5) is 5.69 Å². The predicted molar refractivity (Wildman–Crippen MR) is 83.2 cm³/mol. The van der Waals surface area contributed by atoms with Crippen LogP contribution < -0.4 is 5.73 Å². The van der Waals surface area contributed by atoms with Gasteiger partial charge in [-0.1, -0.05) is 27.5 Å². The molecule has 3 aromatic rings. The highest BCUT2D eigenvalue weighted by molar-refractivity contribution is 9.10. The van der Waals surface area contributed by atoms with Gasteiger partial charge in [0.1, 0.15) is 5.58 Å². The summed E-state index contributed by atoms with van der Waals surface area (Å²) in [6, 6.07) is 12.1. The maximum absolute atomic E-state index is 12.4. The van der Waals surface area contributed by atoms with E-state index in [4.69, 9.17) is 21.8 Å². The molecule has 5 heteroatoms. The largest absolute Gasteiger partial charge is 0.450 e. The van der Waals surface area contributed by atoms with Crippen molar-refractivity contribution in [1.82, 2.24) is 0 Å². The third-order valence-electron chi connectivity index (χ3n) is 3.00. The Kier molecular flexibility index (Phi) is 3.28. The molecular formula is C15H9BrClNO2. The number of rotatable bonds is 2. The molecule has 0 aliphatic rings. The highest BCUT2D eigenvalue weighted by Crippen LogP contribution is 2.32. The van der Waals surface area contributed by atoms with Crippen LogP contribution in [0.15, 0.2) is 51.4 Å². The van der Waals surface area contributed by atoms with E-state index in [0.717, 1.165) is 4.47 Å². The van der Waals surface area contributed by atoms with Gasteiger partial charge in [0, 0.05) is 20.4 Å². The lowest BCUT2D eigenvalue weighted by atomic mass is 10.1. The van der Waals surface area contributed by atoms with E-state index in [-0.39, 0.29) is 11.5 Å². The number of hydrogen-bond acceptors (Lipinski definition) is 3. The number of halogens is 2. The minimum absolute atomic E-state index is 0.143. The fraction of sp³-hybridized carbons (Fsp3) is 0. The zero-order valence-electron chi connectivity index (χ0n) is 10.2. The Morgan fingerprint density at radius 1 is 1.15 bits per heavy atom. The Hall–Kier alpha value is -1.78. The summed E-state index contributed by atoms with van der Waals surface area (Å²) in [5, 5.41) is 1.20. The second-order valence-corrected chi connectivity index (χ2v) is 5.67. The molecule has 1 aromatic heterocycles. The summed E-state index contributed by atoms with van der Waals surface area (Å²) in [6.45, 7) is 0. The lowest BCUT2D eigenvalue weighted by Gasteiger charge is -1.99. The Balaban J connectivity index is 2.12. The van der Waals surface area contributed by atoms with Crippen molar-refractivity contribution in [3.63, 3.8) is 0 Å². The third-order valence-corrected chi connectivity index (χ3v) is 3.76. The van der Waals surface area contributed by atoms with Crippen molar-refractivity contribution in [2.75, 3.05) is 5.73 Å². The van der Waals surface area contributed by atoms with E-state index in [2.05, 4.69) is 15.9 Å². The summed E-state index contributed by atoms with van der Waals surface area (Å²) in [7, 11) is 0. The van der Waals surface area contributed by atoms with Gasteiger partial charge in [-0.2, -0.15) is 0 Å². The van der Waals surface area contributed by atoms with Crippen LogP contribution in [0, 0.1) is 0 Å². The summed E-state index contributed by atoms with van der Waals surface area (Å²) in [5.74, 6) is -0.105. The van der Waals surface area contributed by atoms with Gasteiger partial charge < -0.3 is 10.2 Å². The first-order valence-corrected chi connectivity index (χ1v) is 7.01. The van der Waals surface area contributed by atoms with Crippen LogP contribution >= 0.6 is 27.5 Å². The highest BCUT2D eigenvalue weighted by Gasteiger charge is 2.20. The van der Waals surface area contributed by atoms with Gasteiger partial charge in [-0.05, 0) is 42.5 Å². The van der Waals surface area contributed by atoms with Gasteiger partial charge >= 0.3 is 0 Å². The van der Waals surface area contributed by atoms with Gasteiger partial charge in [0.25, 0.3) is 0 Å². The van der Waals surface area contributed by atoms with Crippen LogP contribution in [0.5, 0.6) is 0 Å². The molecule has 0 spiro atoms. The summed E-state index contributed by atoms with van der Waals surface area (Å²) in [6.07, 6.45) is 0. The number of nitrogen functional groups attached to an aromatic ring is 1. The number of fused-ring (bicyclic) bond motifs is 1. The monoisotopic (exact) mass is 349 g/mol. The van der Waals surface area contributed by atoms with Crippen LogP contribution in [0.25, 0.3) is 11.0 Å². The fourth-order valence-corrected chi connectivity index (χ4v) is 2.43. The van der Waals surface area contributed by atoms with Crippen molar-refractivity contribution < 1.29 is 9.21 Å². The standard InChI is InChI=1S/C15H9BrClNO2/c16-9-3-1-8(2-4-9)14(19)15-13(18)11-7-10(17)5-6-12(11)20-15/h1-7H,18H2. The molecule has 0 fully saturated rings. The molecule has 0 amide bonds. The number of carbonyl (C=O) groups is 1. The zero-order chi connectivity index (χ0) is 14.3. The van der Waals surface area contributed by atoms with Gasteiger partial charge in [-0.25, -0.2) is 0 Å². The van der Waals surface area contributed by atoms with Crippen LogP contribution in [-0.2, 0) is 0 Å². The van der Waals surface area contributed by atoms with Gasteiger partial charge in [-0.3, -0.25) is 4.79 Å². The van der Waals surface area contributed by atoms with E-state index in [0.29, 0.717) is 27.2 Å². The van der Waals surface area contributed by atoms with E-state index in [9.17, 15) is 4.79 Å². The lowest BCUT2D eigenvalue weighted by molar-refractivity contribution is 0.101. The summed E-state index contributed by atoms with van der Waals surface area (Å²) < 4.78 is 6.46. The number of ketones is 1. The Morgan fingerprint density at radius 3 is 2.55 bits per heavy atom.